The van der Waals surface area contributed by atoms with Crippen LogP contribution in [0.3, 0.4) is 0 Å². The topological polar surface area (TPSA) is 56.5 Å². The van der Waals surface area contributed by atoms with Gasteiger partial charge >= 0.3 is 6.18 Å². The van der Waals surface area contributed by atoms with Crippen LogP contribution in [0.25, 0.3) is 95.3 Å². The van der Waals surface area contributed by atoms with Gasteiger partial charge in [0.05, 0.1) is 45.1 Å². The molecule has 0 atom stereocenters. The molecule has 0 radical (unpaired) electrons. The van der Waals surface area contributed by atoms with Gasteiger partial charge in [-0.15, -0.1) is 0 Å². The minimum atomic E-state index is -4.76. The summed E-state index contributed by atoms with van der Waals surface area (Å²) in [6.07, 6.45) is -4.76. The van der Waals surface area contributed by atoms with Crippen LogP contribution in [0.5, 0.6) is 0 Å². The highest BCUT2D eigenvalue weighted by Gasteiger charge is 2.35. The first-order valence-electron chi connectivity index (χ1n) is 22.5. The molecule has 0 amide bonds. The molecule has 0 aliphatic rings. The summed E-state index contributed by atoms with van der Waals surface area (Å²) in [7, 11) is 0. The third-order valence-corrected chi connectivity index (χ3v) is 12.4. The first kappa shape index (κ1) is 43.2. The van der Waals surface area contributed by atoms with E-state index in [1.807, 2.05) is 127 Å². The van der Waals surface area contributed by atoms with Crippen LogP contribution in [0.4, 0.5) is 13.2 Å². The summed E-state index contributed by atoms with van der Waals surface area (Å²) >= 11 is 0. The Bertz CT molecular complexity index is 3110. The lowest BCUT2D eigenvalue weighted by Crippen LogP contribution is -2.12. The molecule has 67 heavy (non-hydrogen) atoms. The van der Waals surface area contributed by atoms with Gasteiger partial charge < -0.3 is 4.57 Å². The molecule has 0 bridgehead atoms. The number of rotatable bonds is 7. The van der Waals surface area contributed by atoms with Crippen LogP contribution in [0.15, 0.2) is 182 Å². The summed E-state index contributed by atoms with van der Waals surface area (Å²) in [6, 6.07) is 57.6. The standard InChI is InChI=1S/C59H48F3N5/c1-57(2,3)41-27-29-52-44(31-41)45-32-42(58(4,5)6)28-30-53(45)67(52)54-46(51-36-50(39-23-15-9-16-24-39)63-55(66-51)40-25-17-10-18-26-40)33-43(59(60,61)62)34-47(54)56-64-48(37-19-11-7-12-20-37)35-49(65-56)38-21-13-8-14-22-38/h7-36H,1-6H3. The average molecular weight is 884 g/mol. The van der Waals surface area contributed by atoms with Crippen LogP contribution in [0.2, 0.25) is 0 Å². The number of fused-ring (bicyclic) bond motifs is 3. The zero-order valence-corrected chi connectivity index (χ0v) is 38.2. The van der Waals surface area contributed by atoms with Gasteiger partial charge in [-0.25, -0.2) is 19.9 Å². The Balaban J connectivity index is 1.41. The number of nitrogens with zero attached hydrogens (tertiary/aromatic N) is 5. The first-order chi connectivity index (χ1) is 32.1. The maximum Gasteiger partial charge on any atom is 0.416 e. The predicted molar refractivity (Wildman–Crippen MR) is 267 cm³/mol. The van der Waals surface area contributed by atoms with Gasteiger partial charge in [0.2, 0.25) is 0 Å². The summed E-state index contributed by atoms with van der Waals surface area (Å²) in [5, 5.41) is 1.96. The van der Waals surface area contributed by atoms with Crippen molar-refractivity contribution in [1.29, 1.82) is 0 Å². The molecule has 8 heteroatoms. The lowest BCUT2D eigenvalue weighted by Gasteiger charge is -2.22. The van der Waals surface area contributed by atoms with E-state index in [4.69, 9.17) is 19.9 Å². The third-order valence-electron chi connectivity index (χ3n) is 12.4. The van der Waals surface area contributed by atoms with Crippen molar-refractivity contribution in [3.05, 3.63) is 199 Å². The second-order valence-electron chi connectivity index (χ2n) is 19.1. The number of benzene rings is 7. The van der Waals surface area contributed by atoms with Gasteiger partial charge in [-0.2, -0.15) is 13.2 Å². The molecular weight excluding hydrogens is 836 g/mol. The summed E-state index contributed by atoms with van der Waals surface area (Å²) in [4.78, 5) is 20.6. The largest absolute Gasteiger partial charge is 0.416 e. The van der Waals surface area contributed by atoms with E-state index in [0.717, 1.165) is 55.2 Å². The molecule has 0 aliphatic heterocycles. The van der Waals surface area contributed by atoms with E-state index in [1.165, 1.54) is 12.1 Å². The second-order valence-corrected chi connectivity index (χ2v) is 19.1. The van der Waals surface area contributed by atoms with Crippen LogP contribution in [-0.4, -0.2) is 24.5 Å². The van der Waals surface area contributed by atoms with Crippen LogP contribution >= 0.6 is 0 Å². The van der Waals surface area contributed by atoms with Crippen molar-refractivity contribution in [1.82, 2.24) is 24.5 Å². The van der Waals surface area contributed by atoms with Gasteiger partial charge in [0.25, 0.3) is 0 Å². The Morgan fingerprint density at radius 1 is 0.358 bits per heavy atom. The number of hydrogen-bond donors (Lipinski definition) is 0. The van der Waals surface area contributed by atoms with Crippen molar-refractivity contribution in [2.24, 2.45) is 0 Å². The number of halogens is 3. The van der Waals surface area contributed by atoms with Gasteiger partial charge in [0.15, 0.2) is 11.6 Å². The molecule has 5 nitrogen and oxygen atoms in total. The predicted octanol–water partition coefficient (Wildman–Crippen LogP) is 16.0. The van der Waals surface area contributed by atoms with E-state index < -0.39 is 11.7 Å². The Morgan fingerprint density at radius 3 is 1.15 bits per heavy atom. The molecule has 0 N–H and O–H groups in total. The molecule has 0 fully saturated rings. The molecule has 3 aromatic heterocycles. The molecule has 0 saturated carbocycles. The summed E-state index contributed by atoms with van der Waals surface area (Å²) in [6.45, 7) is 13.1. The van der Waals surface area contributed by atoms with E-state index in [0.29, 0.717) is 34.3 Å². The van der Waals surface area contributed by atoms with Gasteiger partial charge in [-0.1, -0.05) is 175 Å². The van der Waals surface area contributed by atoms with Gasteiger partial charge in [0.1, 0.15) is 0 Å². The molecule has 0 unspecified atom stereocenters. The van der Waals surface area contributed by atoms with Crippen LogP contribution in [0, 0.1) is 0 Å². The van der Waals surface area contributed by atoms with Gasteiger partial charge in [0, 0.05) is 44.2 Å². The van der Waals surface area contributed by atoms with Crippen molar-refractivity contribution in [2.45, 2.75) is 58.5 Å². The number of alkyl halides is 3. The minimum absolute atomic E-state index is 0.135. The van der Waals surface area contributed by atoms with Crippen molar-refractivity contribution < 1.29 is 13.2 Å². The van der Waals surface area contributed by atoms with Gasteiger partial charge in [-0.3, -0.25) is 0 Å². The van der Waals surface area contributed by atoms with Crippen molar-refractivity contribution >= 4 is 21.8 Å². The highest BCUT2D eigenvalue weighted by atomic mass is 19.4. The molecule has 0 saturated heterocycles. The molecule has 3 heterocycles. The average Bonchev–Trinajstić information content (AvgIpc) is 3.66. The van der Waals surface area contributed by atoms with Gasteiger partial charge in [-0.05, 0) is 70.5 Å². The molecular formula is C59H48F3N5. The van der Waals surface area contributed by atoms with E-state index in [-0.39, 0.29) is 27.8 Å². The van der Waals surface area contributed by atoms with Crippen LogP contribution in [0.1, 0.15) is 58.2 Å². The fraction of sp³-hybridized carbons (Fsp3) is 0.153. The molecule has 7 aromatic carbocycles. The quantitative estimate of drug-likeness (QED) is 0.160. The molecule has 0 aliphatic carbocycles. The van der Waals surface area contributed by atoms with Crippen molar-refractivity contribution in [2.75, 3.05) is 0 Å². The maximum absolute atomic E-state index is 15.8. The molecule has 10 aromatic rings. The smallest absolute Gasteiger partial charge is 0.308 e. The zero-order chi connectivity index (χ0) is 46.7. The third kappa shape index (κ3) is 8.40. The van der Waals surface area contributed by atoms with E-state index in [9.17, 15) is 0 Å². The van der Waals surface area contributed by atoms with E-state index in [2.05, 4.69) is 82.5 Å². The van der Waals surface area contributed by atoms with E-state index >= 15 is 13.2 Å². The highest BCUT2D eigenvalue weighted by molar-refractivity contribution is 6.11. The molecule has 0 spiro atoms. The second kappa shape index (κ2) is 16.6. The first-order valence-corrected chi connectivity index (χ1v) is 22.5. The Morgan fingerprint density at radius 2 is 0.731 bits per heavy atom. The molecule has 10 rings (SSSR count). The van der Waals surface area contributed by atoms with Crippen molar-refractivity contribution in [3.63, 3.8) is 0 Å². The Kier molecular flexibility index (Phi) is 10.7. The molecule has 330 valence electrons. The maximum atomic E-state index is 15.8. The summed E-state index contributed by atoms with van der Waals surface area (Å²) in [5.41, 5.74) is 8.72. The lowest BCUT2D eigenvalue weighted by molar-refractivity contribution is -0.137. The Hall–Kier alpha value is -7.71. The SMILES string of the molecule is CC(C)(C)c1ccc2c(c1)c1cc(C(C)(C)C)ccc1n2-c1c(-c2cc(-c3ccccc3)nc(-c3ccccc3)n2)cc(C(F)(F)F)cc1-c1nc(-c2ccccc2)cc(-c2ccccc2)n1. The number of aromatic nitrogens is 5. The lowest BCUT2D eigenvalue weighted by atomic mass is 9.85. The van der Waals surface area contributed by atoms with Crippen molar-refractivity contribution in [3.8, 4) is 73.5 Å². The minimum Gasteiger partial charge on any atom is -0.308 e. The summed E-state index contributed by atoms with van der Waals surface area (Å²) < 4.78 is 49.4. The summed E-state index contributed by atoms with van der Waals surface area (Å²) in [5.74, 6) is 0.512. The zero-order valence-electron chi connectivity index (χ0n) is 38.2. The fourth-order valence-corrected chi connectivity index (χ4v) is 8.74. The van der Waals surface area contributed by atoms with Crippen LogP contribution in [-0.2, 0) is 17.0 Å². The Labute approximate surface area is 388 Å². The fourth-order valence-electron chi connectivity index (χ4n) is 8.74. The monoisotopic (exact) mass is 883 g/mol. The van der Waals surface area contributed by atoms with Crippen LogP contribution < -0.4 is 0 Å². The highest BCUT2D eigenvalue weighted by Crippen LogP contribution is 2.46. The number of hydrogen-bond acceptors (Lipinski definition) is 4. The normalized spacial score (nSPS) is 12.3. The van der Waals surface area contributed by atoms with E-state index in [1.54, 1.807) is 6.07 Å².